The van der Waals surface area contributed by atoms with E-state index in [0.717, 1.165) is 24.9 Å². The van der Waals surface area contributed by atoms with Crippen molar-refractivity contribution in [1.82, 2.24) is 5.32 Å². The summed E-state index contributed by atoms with van der Waals surface area (Å²) in [5, 5.41) is 5.55. The summed E-state index contributed by atoms with van der Waals surface area (Å²) in [4.78, 5) is 1.61. The Hall–Kier alpha value is -1.21. The van der Waals surface area contributed by atoms with E-state index < -0.39 is 9.84 Å². The highest BCUT2D eigenvalue weighted by Crippen LogP contribution is 2.27. The molecule has 3 rings (SSSR count). The van der Waals surface area contributed by atoms with Crippen molar-refractivity contribution < 1.29 is 13.2 Å². The number of hydrogen-bond donors (Lipinski definition) is 1. The molecule has 0 bridgehead atoms. The standard InChI is InChI=1S/C17H21NO3S2/c1-23(19,20)16-6-4-13(5-7-16)17-11-14(8-9-18-17)21-12-15-3-2-10-22-15/h2-7,10,14,17-18H,8-9,11-12H2,1H3. The van der Waals surface area contributed by atoms with Gasteiger partial charge in [0.15, 0.2) is 9.84 Å². The van der Waals surface area contributed by atoms with E-state index in [1.165, 1.54) is 11.1 Å². The van der Waals surface area contributed by atoms with Gasteiger partial charge in [0.2, 0.25) is 0 Å². The molecule has 1 fully saturated rings. The Labute approximate surface area is 141 Å². The summed E-state index contributed by atoms with van der Waals surface area (Å²) in [6, 6.07) is 11.5. The van der Waals surface area contributed by atoms with Crippen molar-refractivity contribution in [1.29, 1.82) is 0 Å². The van der Waals surface area contributed by atoms with Gasteiger partial charge >= 0.3 is 0 Å². The van der Waals surface area contributed by atoms with Crippen LogP contribution in [-0.2, 0) is 21.2 Å². The summed E-state index contributed by atoms with van der Waals surface area (Å²) in [6.45, 7) is 1.58. The first-order chi connectivity index (χ1) is 11.0. The SMILES string of the molecule is CS(=O)(=O)c1ccc(C2CC(OCc3cccs3)CCN2)cc1. The van der Waals surface area contributed by atoms with E-state index in [4.69, 9.17) is 4.74 Å². The molecule has 124 valence electrons. The van der Waals surface area contributed by atoms with E-state index >= 15 is 0 Å². The second-order valence-electron chi connectivity index (χ2n) is 5.88. The van der Waals surface area contributed by atoms with Crippen LogP contribution in [0.25, 0.3) is 0 Å². The minimum absolute atomic E-state index is 0.214. The van der Waals surface area contributed by atoms with Crippen molar-refractivity contribution in [2.45, 2.75) is 36.5 Å². The van der Waals surface area contributed by atoms with Gasteiger partial charge in [-0.15, -0.1) is 11.3 Å². The van der Waals surface area contributed by atoms with Gasteiger partial charge in [-0.25, -0.2) is 8.42 Å². The molecule has 0 spiro atoms. The van der Waals surface area contributed by atoms with E-state index in [0.29, 0.717) is 11.5 Å². The molecule has 2 heterocycles. The fourth-order valence-corrected chi connectivity index (χ4v) is 4.09. The lowest BCUT2D eigenvalue weighted by Crippen LogP contribution is -2.35. The summed E-state index contributed by atoms with van der Waals surface area (Å²) in [7, 11) is -3.14. The van der Waals surface area contributed by atoms with Crippen LogP contribution in [0.4, 0.5) is 0 Å². The number of thiophene rings is 1. The van der Waals surface area contributed by atoms with Gasteiger partial charge in [-0.3, -0.25) is 0 Å². The molecule has 0 amide bonds. The number of rotatable bonds is 5. The van der Waals surface area contributed by atoms with Crippen LogP contribution >= 0.6 is 11.3 Å². The summed E-state index contributed by atoms with van der Waals surface area (Å²) < 4.78 is 29.1. The van der Waals surface area contributed by atoms with Crippen molar-refractivity contribution in [2.75, 3.05) is 12.8 Å². The van der Waals surface area contributed by atoms with E-state index in [1.54, 1.807) is 23.5 Å². The molecule has 1 aromatic carbocycles. The second kappa shape index (κ2) is 7.13. The first-order valence-corrected chi connectivity index (χ1v) is 10.5. The molecule has 1 aliphatic rings. The van der Waals surface area contributed by atoms with Gasteiger partial charge in [-0.1, -0.05) is 18.2 Å². The third kappa shape index (κ3) is 4.41. The quantitative estimate of drug-likeness (QED) is 0.899. The number of benzene rings is 1. The van der Waals surface area contributed by atoms with Gasteiger partial charge in [-0.05, 0) is 48.5 Å². The molecule has 2 atom stereocenters. The monoisotopic (exact) mass is 351 g/mol. The zero-order valence-corrected chi connectivity index (χ0v) is 14.7. The molecular formula is C17H21NO3S2. The molecule has 0 saturated carbocycles. The van der Waals surface area contributed by atoms with Crippen LogP contribution in [0.2, 0.25) is 0 Å². The molecule has 2 aromatic rings. The summed E-state index contributed by atoms with van der Waals surface area (Å²) in [5.74, 6) is 0. The van der Waals surface area contributed by atoms with Crippen molar-refractivity contribution in [3.05, 3.63) is 52.2 Å². The molecule has 23 heavy (non-hydrogen) atoms. The molecule has 1 aromatic heterocycles. The largest absolute Gasteiger partial charge is 0.373 e. The number of nitrogens with one attached hydrogen (secondary N) is 1. The number of sulfone groups is 1. The lowest BCUT2D eigenvalue weighted by molar-refractivity contribution is 0.0119. The predicted molar refractivity (Wildman–Crippen MR) is 92.4 cm³/mol. The highest BCUT2D eigenvalue weighted by atomic mass is 32.2. The fraction of sp³-hybridized carbons (Fsp3) is 0.412. The van der Waals surface area contributed by atoms with Crippen molar-refractivity contribution >= 4 is 21.2 Å². The maximum atomic E-state index is 11.5. The number of ether oxygens (including phenoxy) is 1. The van der Waals surface area contributed by atoms with Crippen LogP contribution in [-0.4, -0.2) is 27.3 Å². The molecule has 0 aliphatic carbocycles. The highest BCUT2D eigenvalue weighted by molar-refractivity contribution is 7.90. The third-order valence-corrected chi connectivity index (χ3v) is 6.09. The number of piperidine rings is 1. The zero-order valence-electron chi connectivity index (χ0n) is 13.1. The van der Waals surface area contributed by atoms with E-state index in [-0.39, 0.29) is 12.1 Å². The zero-order chi connectivity index (χ0) is 16.3. The van der Waals surface area contributed by atoms with Crippen LogP contribution in [0.15, 0.2) is 46.7 Å². The molecule has 0 radical (unpaired) electrons. The maximum Gasteiger partial charge on any atom is 0.175 e. The minimum atomic E-state index is -3.14. The predicted octanol–water partition coefficient (Wildman–Crippen LogP) is 3.16. The number of hydrogen-bond acceptors (Lipinski definition) is 5. The van der Waals surface area contributed by atoms with Gasteiger partial charge in [0.05, 0.1) is 17.6 Å². The van der Waals surface area contributed by atoms with Gasteiger partial charge in [-0.2, -0.15) is 0 Å². The fourth-order valence-electron chi connectivity index (χ4n) is 2.83. The van der Waals surface area contributed by atoms with Gasteiger partial charge in [0.1, 0.15) is 0 Å². The third-order valence-electron chi connectivity index (χ3n) is 4.11. The van der Waals surface area contributed by atoms with Gasteiger partial charge < -0.3 is 10.1 Å². The van der Waals surface area contributed by atoms with Crippen LogP contribution in [0.1, 0.15) is 29.3 Å². The molecule has 1 saturated heterocycles. The second-order valence-corrected chi connectivity index (χ2v) is 8.93. The first kappa shape index (κ1) is 16.6. The molecule has 1 aliphatic heterocycles. The summed E-state index contributed by atoms with van der Waals surface area (Å²) in [6.07, 6.45) is 3.38. The van der Waals surface area contributed by atoms with Crippen molar-refractivity contribution in [2.24, 2.45) is 0 Å². The lowest BCUT2D eigenvalue weighted by atomic mass is 9.95. The average Bonchev–Trinajstić information content (AvgIpc) is 3.06. The van der Waals surface area contributed by atoms with E-state index in [1.807, 2.05) is 18.2 Å². The Balaban J connectivity index is 1.61. The van der Waals surface area contributed by atoms with Crippen LogP contribution in [0.3, 0.4) is 0 Å². The normalized spacial score (nSPS) is 22.1. The van der Waals surface area contributed by atoms with Crippen LogP contribution in [0.5, 0.6) is 0 Å². The van der Waals surface area contributed by atoms with E-state index in [9.17, 15) is 8.42 Å². The van der Waals surface area contributed by atoms with Crippen LogP contribution < -0.4 is 5.32 Å². The Morgan fingerprint density at radius 2 is 2.04 bits per heavy atom. The van der Waals surface area contributed by atoms with Crippen molar-refractivity contribution in [3.8, 4) is 0 Å². The first-order valence-electron chi connectivity index (χ1n) is 7.70. The highest BCUT2D eigenvalue weighted by Gasteiger charge is 2.23. The molecule has 1 N–H and O–H groups in total. The van der Waals surface area contributed by atoms with Gasteiger partial charge in [0.25, 0.3) is 0 Å². The Bertz CT molecular complexity index is 724. The Kier molecular flexibility index (Phi) is 5.16. The summed E-state index contributed by atoms with van der Waals surface area (Å²) >= 11 is 1.72. The topological polar surface area (TPSA) is 55.4 Å². The van der Waals surface area contributed by atoms with Crippen molar-refractivity contribution in [3.63, 3.8) is 0 Å². The average molecular weight is 351 g/mol. The lowest BCUT2D eigenvalue weighted by Gasteiger charge is -2.30. The minimum Gasteiger partial charge on any atom is -0.373 e. The maximum absolute atomic E-state index is 11.5. The van der Waals surface area contributed by atoms with E-state index in [2.05, 4.69) is 16.8 Å². The molecular weight excluding hydrogens is 330 g/mol. The Morgan fingerprint density at radius 1 is 1.26 bits per heavy atom. The molecule has 6 heteroatoms. The van der Waals surface area contributed by atoms with Crippen LogP contribution in [0, 0.1) is 0 Å². The molecule has 2 unspecified atom stereocenters. The van der Waals surface area contributed by atoms with Gasteiger partial charge in [0, 0.05) is 17.2 Å². The molecule has 4 nitrogen and oxygen atoms in total. The Morgan fingerprint density at radius 3 is 2.70 bits per heavy atom. The summed E-state index contributed by atoms with van der Waals surface area (Å²) in [5.41, 5.74) is 1.11. The smallest absolute Gasteiger partial charge is 0.175 e.